The zero-order valence-corrected chi connectivity index (χ0v) is 25.2. The molecule has 0 bridgehead atoms. The molecule has 0 spiro atoms. The molecule has 0 unspecified atom stereocenters. The van der Waals surface area contributed by atoms with Gasteiger partial charge in [0.25, 0.3) is 0 Å². The van der Waals surface area contributed by atoms with Crippen molar-refractivity contribution in [2.24, 2.45) is 0 Å². The Labute approximate surface area is 253 Å². The average molecular weight is 613 g/mol. The largest absolute Gasteiger partial charge is 0.497 e. The Morgan fingerprint density at radius 2 is 1.78 bits per heavy atom. The van der Waals surface area contributed by atoms with E-state index in [9.17, 15) is 9.59 Å². The number of benzene rings is 3. The van der Waals surface area contributed by atoms with Gasteiger partial charge in [-0.25, -0.2) is 4.79 Å². The first-order valence-electron chi connectivity index (χ1n) is 13.4. The highest BCUT2D eigenvalue weighted by Gasteiger charge is 2.30. The van der Waals surface area contributed by atoms with Crippen LogP contribution in [0, 0.1) is 0 Å². The number of ether oxygens (including phenoxy) is 2. The van der Waals surface area contributed by atoms with Crippen LogP contribution in [0.1, 0.15) is 33.8 Å². The number of halogens is 2. The van der Waals surface area contributed by atoms with Gasteiger partial charge in [0.05, 0.1) is 24.7 Å². The van der Waals surface area contributed by atoms with Gasteiger partial charge < -0.3 is 24.3 Å². The van der Waals surface area contributed by atoms with Crippen LogP contribution in [0.25, 0.3) is 10.9 Å². The Bertz CT molecular complexity index is 1550. The molecule has 4 aromatic rings. The average Bonchev–Trinajstić information content (AvgIpc) is 3.37. The van der Waals surface area contributed by atoms with Crippen molar-refractivity contribution in [2.45, 2.75) is 12.2 Å². The zero-order valence-electron chi connectivity index (χ0n) is 22.9. The summed E-state index contributed by atoms with van der Waals surface area (Å²) in [5.41, 5.74) is 3.69. The zero-order chi connectivity index (χ0) is 28.9. The first-order valence-corrected chi connectivity index (χ1v) is 15.2. The summed E-state index contributed by atoms with van der Waals surface area (Å²) in [6, 6.07) is 20.9. The molecule has 10 heteroatoms. The molecule has 0 radical (unpaired) electrons. The van der Waals surface area contributed by atoms with Crippen LogP contribution in [-0.2, 0) is 9.53 Å². The number of amides is 1. The predicted octanol–water partition coefficient (Wildman–Crippen LogP) is 6.83. The van der Waals surface area contributed by atoms with Crippen molar-refractivity contribution in [3.63, 3.8) is 0 Å². The SMILES string of the molecule is CCOC(=O)c1[nH]c2ccc(OC)cc2c1[C@@H](SCC(=O)N1CCN(c2cccc(Cl)c2)CC1)c1ccccc1Cl. The molecular formula is C31H31Cl2N3O4S. The highest BCUT2D eigenvalue weighted by molar-refractivity contribution is 8.00. The summed E-state index contributed by atoms with van der Waals surface area (Å²) in [5.74, 6) is 0.447. The lowest BCUT2D eigenvalue weighted by atomic mass is 10.0. The summed E-state index contributed by atoms with van der Waals surface area (Å²) < 4.78 is 10.9. The highest BCUT2D eigenvalue weighted by atomic mass is 35.5. The van der Waals surface area contributed by atoms with Gasteiger partial charge in [0.2, 0.25) is 5.91 Å². The number of esters is 1. The van der Waals surface area contributed by atoms with Crippen LogP contribution in [0.4, 0.5) is 5.69 Å². The maximum absolute atomic E-state index is 13.5. The lowest BCUT2D eigenvalue weighted by molar-refractivity contribution is -0.128. The standard InChI is InChI=1S/C31H31Cl2N3O4S/c1-3-40-31(38)29-28(24-18-22(39-2)11-12-26(24)34-29)30(23-9-4-5-10-25(23)33)41-19-27(37)36-15-13-35(14-16-36)21-8-6-7-20(32)17-21/h4-12,17-18,30,34H,3,13-16,19H2,1-2H3/t30-/m0/s1. The third-order valence-corrected chi connectivity index (χ3v) is 8.97. The van der Waals surface area contributed by atoms with E-state index in [4.69, 9.17) is 32.7 Å². The number of nitrogens with one attached hydrogen (secondary N) is 1. The molecule has 5 rings (SSSR count). The van der Waals surface area contributed by atoms with E-state index >= 15 is 0 Å². The number of rotatable bonds is 9. The Balaban J connectivity index is 1.42. The second-order valence-electron chi connectivity index (χ2n) is 9.61. The fourth-order valence-corrected chi connectivity index (χ4v) is 6.89. The lowest BCUT2D eigenvalue weighted by Crippen LogP contribution is -2.49. The van der Waals surface area contributed by atoms with E-state index in [1.54, 1.807) is 14.0 Å². The normalized spacial score (nSPS) is 14.2. The lowest BCUT2D eigenvalue weighted by Gasteiger charge is -2.36. The molecule has 41 heavy (non-hydrogen) atoms. The van der Waals surface area contributed by atoms with E-state index in [0.29, 0.717) is 40.1 Å². The number of carbonyl (C=O) groups is 2. The van der Waals surface area contributed by atoms with Crippen LogP contribution in [0.2, 0.25) is 10.0 Å². The molecule has 1 aliphatic heterocycles. The molecule has 7 nitrogen and oxygen atoms in total. The number of thioether (sulfide) groups is 1. The summed E-state index contributed by atoms with van der Waals surface area (Å²) in [5, 5.41) is 1.65. The number of nitrogens with zero attached hydrogens (tertiary/aromatic N) is 2. The molecule has 0 saturated carbocycles. The smallest absolute Gasteiger partial charge is 0.355 e. The summed E-state index contributed by atoms with van der Waals surface area (Å²) in [7, 11) is 1.60. The number of carbonyl (C=O) groups excluding carboxylic acids is 2. The molecule has 0 aliphatic carbocycles. The van der Waals surface area contributed by atoms with Crippen molar-refractivity contribution in [3.8, 4) is 5.75 Å². The number of methoxy groups -OCH3 is 1. The third-order valence-electron chi connectivity index (χ3n) is 7.15. The van der Waals surface area contributed by atoms with Crippen LogP contribution in [0.3, 0.4) is 0 Å². The molecule has 214 valence electrons. The molecule has 1 saturated heterocycles. The molecule has 3 aromatic carbocycles. The Morgan fingerprint density at radius 1 is 1.00 bits per heavy atom. The van der Waals surface area contributed by atoms with Crippen molar-refractivity contribution >= 4 is 63.4 Å². The van der Waals surface area contributed by atoms with Gasteiger partial charge in [-0.2, -0.15) is 0 Å². The van der Waals surface area contributed by atoms with Crippen LogP contribution in [0.5, 0.6) is 5.75 Å². The molecule has 2 heterocycles. The first-order chi connectivity index (χ1) is 19.9. The summed E-state index contributed by atoms with van der Waals surface area (Å²) >= 11 is 14.3. The maximum atomic E-state index is 13.5. The Hall–Kier alpha value is -3.33. The summed E-state index contributed by atoms with van der Waals surface area (Å²) in [6.45, 7) is 4.68. The van der Waals surface area contributed by atoms with E-state index in [-0.39, 0.29) is 18.3 Å². The van der Waals surface area contributed by atoms with Gasteiger partial charge in [0.15, 0.2) is 0 Å². The molecule has 1 aromatic heterocycles. The second-order valence-corrected chi connectivity index (χ2v) is 11.5. The molecule has 1 fully saturated rings. The van der Waals surface area contributed by atoms with E-state index < -0.39 is 11.2 Å². The number of aromatic nitrogens is 1. The predicted molar refractivity (Wildman–Crippen MR) is 167 cm³/mol. The van der Waals surface area contributed by atoms with Gasteiger partial charge in [-0.1, -0.05) is 47.5 Å². The minimum Gasteiger partial charge on any atom is -0.497 e. The van der Waals surface area contributed by atoms with E-state index in [2.05, 4.69) is 9.88 Å². The van der Waals surface area contributed by atoms with Crippen LogP contribution in [-0.4, -0.2) is 67.4 Å². The monoisotopic (exact) mass is 611 g/mol. The van der Waals surface area contributed by atoms with E-state index in [1.807, 2.05) is 71.6 Å². The van der Waals surface area contributed by atoms with Crippen molar-refractivity contribution in [3.05, 3.63) is 93.6 Å². The third kappa shape index (κ3) is 6.45. The minimum atomic E-state index is -0.459. The Kier molecular flexibility index (Phi) is 9.32. The second kappa shape index (κ2) is 13.1. The van der Waals surface area contributed by atoms with Gasteiger partial charge in [0.1, 0.15) is 11.4 Å². The fourth-order valence-electron chi connectivity index (χ4n) is 5.10. The van der Waals surface area contributed by atoms with Gasteiger partial charge in [0, 0.05) is 58.4 Å². The number of piperazine rings is 1. The Morgan fingerprint density at radius 3 is 2.49 bits per heavy atom. The van der Waals surface area contributed by atoms with Crippen molar-refractivity contribution in [1.82, 2.24) is 9.88 Å². The maximum Gasteiger partial charge on any atom is 0.355 e. The quantitative estimate of drug-likeness (QED) is 0.209. The van der Waals surface area contributed by atoms with Crippen molar-refractivity contribution < 1.29 is 19.1 Å². The molecule has 1 amide bonds. The van der Waals surface area contributed by atoms with Crippen LogP contribution < -0.4 is 9.64 Å². The number of aromatic amines is 1. The fraction of sp³-hybridized carbons (Fsp3) is 0.290. The van der Waals surface area contributed by atoms with E-state index in [0.717, 1.165) is 35.2 Å². The van der Waals surface area contributed by atoms with Gasteiger partial charge in [-0.15, -0.1) is 11.8 Å². The molecule has 1 aliphatic rings. The van der Waals surface area contributed by atoms with Gasteiger partial charge >= 0.3 is 5.97 Å². The van der Waals surface area contributed by atoms with Crippen LogP contribution in [0.15, 0.2) is 66.7 Å². The summed E-state index contributed by atoms with van der Waals surface area (Å²) in [4.78, 5) is 34.0. The molecule has 1 N–H and O–H groups in total. The van der Waals surface area contributed by atoms with Crippen molar-refractivity contribution in [1.29, 1.82) is 0 Å². The topological polar surface area (TPSA) is 74.9 Å². The number of fused-ring (bicyclic) bond motifs is 1. The van der Waals surface area contributed by atoms with Crippen LogP contribution >= 0.6 is 35.0 Å². The summed E-state index contributed by atoms with van der Waals surface area (Å²) in [6.07, 6.45) is 0. The first kappa shape index (κ1) is 29.2. The molecular weight excluding hydrogens is 581 g/mol. The number of hydrogen-bond donors (Lipinski definition) is 1. The van der Waals surface area contributed by atoms with Crippen molar-refractivity contribution in [2.75, 3.05) is 50.5 Å². The number of H-pyrrole nitrogens is 1. The highest BCUT2D eigenvalue weighted by Crippen LogP contribution is 2.44. The number of anilines is 1. The van der Waals surface area contributed by atoms with E-state index in [1.165, 1.54) is 11.8 Å². The van der Waals surface area contributed by atoms with Gasteiger partial charge in [-0.05, 0) is 55.0 Å². The number of hydrogen-bond acceptors (Lipinski definition) is 6. The molecule has 1 atom stereocenters. The minimum absolute atomic E-state index is 0.0351. The van der Waals surface area contributed by atoms with Gasteiger partial charge in [-0.3, -0.25) is 4.79 Å².